The molecule has 0 spiro atoms. The highest BCUT2D eigenvalue weighted by atomic mass is 32.1. The van der Waals surface area contributed by atoms with Gasteiger partial charge in [0.1, 0.15) is 0 Å². The summed E-state index contributed by atoms with van der Waals surface area (Å²) in [6.45, 7) is 1.44. The van der Waals surface area contributed by atoms with Crippen molar-refractivity contribution in [3.63, 3.8) is 0 Å². The summed E-state index contributed by atoms with van der Waals surface area (Å²) in [7, 11) is -0.607. The molecular formula is C11H20NO5PS. The monoisotopic (exact) mass is 309 g/mol. The molecule has 110 valence electrons. The van der Waals surface area contributed by atoms with E-state index in [1.54, 1.807) is 0 Å². The maximum absolute atomic E-state index is 11.6. The second-order valence-corrected chi connectivity index (χ2v) is 4.96. The Kier molecular flexibility index (Phi) is 10.8. The Hall–Kier alpha value is -0.650. The normalized spacial score (nSPS) is 14.0. The van der Waals surface area contributed by atoms with Gasteiger partial charge in [0.25, 0.3) is 0 Å². The number of aliphatic carboxylic acids is 1. The van der Waals surface area contributed by atoms with Gasteiger partial charge in [-0.05, 0) is 25.5 Å². The summed E-state index contributed by atoms with van der Waals surface area (Å²) in [5.41, 5.74) is 0. The molecule has 0 unspecified atom stereocenters. The molecule has 0 heterocycles. The minimum atomic E-state index is -1.21. The molecule has 0 aromatic rings. The molecule has 0 radical (unpaired) electrons. The number of carbonyl (C=O) groups excluding carboxylic acids is 1. The van der Waals surface area contributed by atoms with E-state index in [4.69, 9.17) is 5.11 Å². The zero-order valence-electron chi connectivity index (χ0n) is 10.9. The highest BCUT2D eigenvalue weighted by Crippen LogP contribution is 2.09. The van der Waals surface area contributed by atoms with Crippen LogP contribution in [0.2, 0.25) is 0 Å². The summed E-state index contributed by atoms with van der Waals surface area (Å²) in [5, 5.41) is 11.3. The molecule has 0 aliphatic heterocycles. The lowest BCUT2D eigenvalue weighted by Gasteiger charge is -2.18. The third-order valence-corrected chi connectivity index (χ3v) is 3.31. The van der Waals surface area contributed by atoms with Crippen molar-refractivity contribution in [2.75, 3.05) is 5.75 Å². The molecule has 0 saturated heterocycles. The minimum absolute atomic E-state index is 0.276. The van der Waals surface area contributed by atoms with Crippen LogP contribution in [0.15, 0.2) is 0 Å². The molecule has 2 N–H and O–H groups in total. The Labute approximate surface area is 120 Å². The van der Waals surface area contributed by atoms with Crippen molar-refractivity contribution in [2.45, 2.75) is 51.2 Å². The van der Waals surface area contributed by atoms with Gasteiger partial charge in [0, 0.05) is 6.42 Å². The van der Waals surface area contributed by atoms with Crippen LogP contribution in [0.25, 0.3) is 0 Å². The van der Waals surface area contributed by atoms with Crippen molar-refractivity contribution in [3.8, 4) is 0 Å². The first kappa shape index (κ1) is 18.4. The van der Waals surface area contributed by atoms with E-state index in [1.165, 1.54) is 6.92 Å². The molecule has 6 nitrogen and oxygen atoms in total. The summed E-state index contributed by atoms with van der Waals surface area (Å²) in [6, 6.07) is -1.19. The van der Waals surface area contributed by atoms with E-state index in [0.717, 1.165) is 25.0 Å². The number of rotatable bonds is 11. The third-order valence-electron chi connectivity index (χ3n) is 2.57. The third kappa shape index (κ3) is 8.97. The quantitative estimate of drug-likeness (QED) is 0.308. The zero-order valence-corrected chi connectivity index (χ0v) is 12.7. The molecule has 0 aliphatic carbocycles. The summed E-state index contributed by atoms with van der Waals surface area (Å²) in [5.74, 6) is -0.716. The van der Waals surface area contributed by atoms with Gasteiger partial charge in [0.05, 0.1) is 6.10 Å². The van der Waals surface area contributed by atoms with E-state index in [-0.39, 0.29) is 12.3 Å². The molecule has 0 aliphatic rings. The Morgan fingerprint density at radius 1 is 1.32 bits per heavy atom. The number of carboxylic acids is 1. The molecule has 8 heteroatoms. The van der Waals surface area contributed by atoms with Gasteiger partial charge in [-0.3, -0.25) is 9.32 Å². The molecule has 19 heavy (non-hydrogen) atoms. The van der Waals surface area contributed by atoms with Gasteiger partial charge in [-0.15, -0.1) is 0 Å². The van der Waals surface area contributed by atoms with Gasteiger partial charge in [-0.1, -0.05) is 12.8 Å². The van der Waals surface area contributed by atoms with Gasteiger partial charge >= 0.3 is 14.7 Å². The molecule has 0 aromatic heterocycles. The fourth-order valence-electron chi connectivity index (χ4n) is 1.51. The second-order valence-electron chi connectivity index (χ2n) is 4.16. The van der Waals surface area contributed by atoms with Gasteiger partial charge < -0.3 is 10.4 Å². The van der Waals surface area contributed by atoms with Crippen molar-refractivity contribution in [1.29, 1.82) is 0 Å². The number of unbranched alkanes of at least 4 members (excludes halogenated alkanes) is 3. The van der Waals surface area contributed by atoms with Crippen molar-refractivity contribution in [1.82, 2.24) is 5.32 Å². The Morgan fingerprint density at radius 3 is 2.47 bits per heavy atom. The van der Waals surface area contributed by atoms with Crippen LogP contribution in [0.3, 0.4) is 0 Å². The zero-order chi connectivity index (χ0) is 14.7. The van der Waals surface area contributed by atoms with Gasteiger partial charge in [0.2, 0.25) is 5.91 Å². The average Bonchev–Trinajstić information content (AvgIpc) is 2.35. The standard InChI is InChI=1S/C11H20NO5PS/c1-8(17-18-16)10(11(14)15)12-9(13)6-4-2-3-5-7-19/h8,10,19H,2-7H2,1H3,(H,12,13)(H,14,15)/t8-,10+/m1/s1. The van der Waals surface area contributed by atoms with Crippen molar-refractivity contribution < 1.29 is 23.8 Å². The van der Waals surface area contributed by atoms with E-state index in [0.29, 0.717) is 6.42 Å². The average molecular weight is 309 g/mol. The molecule has 2 atom stereocenters. The van der Waals surface area contributed by atoms with Gasteiger partial charge in [-0.25, -0.2) is 9.36 Å². The first-order chi connectivity index (χ1) is 9.02. The number of hydrogen-bond acceptors (Lipinski definition) is 5. The maximum Gasteiger partial charge on any atom is 0.328 e. The number of carboxylic acid groups (broad SMARTS) is 1. The van der Waals surface area contributed by atoms with Crippen LogP contribution in [0.1, 0.15) is 39.0 Å². The van der Waals surface area contributed by atoms with Crippen LogP contribution < -0.4 is 5.32 Å². The lowest BCUT2D eigenvalue weighted by Crippen LogP contribution is -2.47. The predicted molar refractivity (Wildman–Crippen MR) is 74.7 cm³/mol. The fraction of sp³-hybridized carbons (Fsp3) is 0.818. The van der Waals surface area contributed by atoms with Gasteiger partial charge in [-0.2, -0.15) is 12.6 Å². The number of thiol groups is 1. The smallest absolute Gasteiger partial charge is 0.328 e. The Morgan fingerprint density at radius 2 is 1.95 bits per heavy atom. The molecule has 0 saturated carbocycles. The highest BCUT2D eigenvalue weighted by Gasteiger charge is 2.27. The number of nitrogens with one attached hydrogen (secondary N) is 1. The van der Waals surface area contributed by atoms with Crippen LogP contribution in [0.5, 0.6) is 0 Å². The summed E-state index contributed by atoms with van der Waals surface area (Å²) in [4.78, 5) is 22.5. The molecular weight excluding hydrogens is 289 g/mol. The van der Waals surface area contributed by atoms with Crippen LogP contribution in [-0.4, -0.2) is 34.9 Å². The van der Waals surface area contributed by atoms with E-state index >= 15 is 0 Å². The van der Waals surface area contributed by atoms with Crippen LogP contribution >= 0.6 is 21.3 Å². The Bertz CT molecular complexity index is 303. The first-order valence-corrected chi connectivity index (χ1v) is 7.50. The maximum atomic E-state index is 11.6. The molecule has 0 bridgehead atoms. The topological polar surface area (TPSA) is 92.7 Å². The fourth-order valence-corrected chi connectivity index (χ4v) is 1.99. The van der Waals surface area contributed by atoms with E-state index in [1.807, 2.05) is 0 Å². The molecule has 1 amide bonds. The summed E-state index contributed by atoms with van der Waals surface area (Å²) < 4.78 is 14.9. The largest absolute Gasteiger partial charge is 0.480 e. The summed E-state index contributed by atoms with van der Waals surface area (Å²) >= 11 is 4.09. The van der Waals surface area contributed by atoms with E-state index in [9.17, 15) is 14.2 Å². The SMILES string of the molecule is C[C@@H](OP=O)[C@H](NC(=O)CCCCCCS)C(=O)O. The minimum Gasteiger partial charge on any atom is -0.480 e. The van der Waals surface area contributed by atoms with Crippen molar-refractivity contribution in [3.05, 3.63) is 0 Å². The molecule has 0 fully saturated rings. The highest BCUT2D eigenvalue weighted by molar-refractivity contribution is 7.80. The van der Waals surface area contributed by atoms with Crippen molar-refractivity contribution in [2.24, 2.45) is 0 Å². The lowest BCUT2D eigenvalue weighted by atomic mass is 10.1. The van der Waals surface area contributed by atoms with Crippen LogP contribution in [0.4, 0.5) is 0 Å². The predicted octanol–water partition coefficient (Wildman–Crippen LogP) is 2.05. The van der Waals surface area contributed by atoms with E-state index < -0.39 is 26.8 Å². The van der Waals surface area contributed by atoms with E-state index in [2.05, 4.69) is 22.5 Å². The van der Waals surface area contributed by atoms with Gasteiger partial charge in [0.15, 0.2) is 6.04 Å². The van der Waals surface area contributed by atoms with Crippen LogP contribution in [0, 0.1) is 0 Å². The second kappa shape index (κ2) is 11.2. The molecule has 0 rings (SSSR count). The Balaban J connectivity index is 4.03. The number of carbonyl (C=O) groups is 2. The van der Waals surface area contributed by atoms with Crippen LogP contribution in [-0.2, 0) is 18.7 Å². The number of amides is 1. The first-order valence-electron chi connectivity index (χ1n) is 6.14. The van der Waals surface area contributed by atoms with Crippen molar-refractivity contribution >= 4 is 33.2 Å². The lowest BCUT2D eigenvalue weighted by molar-refractivity contribution is -0.144. The summed E-state index contributed by atoms with van der Waals surface area (Å²) in [6.07, 6.45) is 3.06. The number of hydrogen-bond donors (Lipinski definition) is 3. The molecule has 0 aromatic carbocycles.